The summed E-state index contributed by atoms with van der Waals surface area (Å²) in [5, 5.41) is 12.9. The molecule has 39 heavy (non-hydrogen) atoms. The van der Waals surface area contributed by atoms with Crippen LogP contribution < -0.4 is 5.32 Å². The number of fused-ring (bicyclic) bond motifs is 1. The molecule has 0 unspecified atom stereocenters. The van der Waals surface area contributed by atoms with Crippen LogP contribution in [0.2, 0.25) is 0 Å². The van der Waals surface area contributed by atoms with Crippen molar-refractivity contribution in [2.75, 3.05) is 26.4 Å². The van der Waals surface area contributed by atoms with Crippen LogP contribution in [0.1, 0.15) is 38.7 Å². The molecule has 3 aliphatic heterocycles. The van der Waals surface area contributed by atoms with Gasteiger partial charge in [0, 0.05) is 6.54 Å². The molecule has 0 aromatic heterocycles. The van der Waals surface area contributed by atoms with Gasteiger partial charge in [-0.25, -0.2) is 4.79 Å². The summed E-state index contributed by atoms with van der Waals surface area (Å²) in [5.74, 6) is -1.34. The fourth-order valence-corrected chi connectivity index (χ4v) is 5.32. The summed E-state index contributed by atoms with van der Waals surface area (Å²) >= 11 is 0. The van der Waals surface area contributed by atoms with Crippen molar-refractivity contribution >= 4 is 17.8 Å². The molecule has 0 radical (unpaired) electrons. The smallest absolute Gasteiger partial charge is 0.329 e. The number of esters is 2. The average Bonchev–Trinajstić information content (AvgIpc) is 3.65. The minimum absolute atomic E-state index is 0.0138. The number of nitrogens with one attached hydrogen (secondary N) is 1. The van der Waals surface area contributed by atoms with E-state index in [9.17, 15) is 24.5 Å². The standard InChI is InChI=1S/C26H35N3O10/c1-3-35-25(31)18(12-11-17-8-5-4-6-9-17)27-16(2)24(30)28-13-7-10-19(28)26(32)38-20-14-36-23-21(39-29(33)34)15-37-22(20)23/h4-6,8-9,16,18-23,27H,3,7,10-15H2,1-2H3/t16-,18-,19-,20-,21+,22+,23+/m0/s1. The lowest BCUT2D eigenvalue weighted by Gasteiger charge is -2.29. The third-order valence-corrected chi connectivity index (χ3v) is 7.22. The van der Waals surface area contributed by atoms with Crippen molar-refractivity contribution in [2.24, 2.45) is 0 Å². The first-order valence-electron chi connectivity index (χ1n) is 13.3. The Morgan fingerprint density at radius 1 is 1.15 bits per heavy atom. The highest BCUT2D eigenvalue weighted by molar-refractivity contribution is 5.88. The number of rotatable bonds is 12. The number of amides is 1. The van der Waals surface area contributed by atoms with Gasteiger partial charge in [0.1, 0.15) is 24.3 Å². The average molecular weight is 550 g/mol. The lowest BCUT2D eigenvalue weighted by Crippen LogP contribution is -2.54. The van der Waals surface area contributed by atoms with Crippen LogP contribution in [0.4, 0.5) is 0 Å². The fourth-order valence-electron chi connectivity index (χ4n) is 5.32. The molecule has 3 saturated heterocycles. The maximum atomic E-state index is 13.4. The normalized spacial score (nSPS) is 27.4. The zero-order valence-electron chi connectivity index (χ0n) is 22.1. The van der Waals surface area contributed by atoms with Crippen LogP contribution in [0.25, 0.3) is 0 Å². The van der Waals surface area contributed by atoms with Crippen molar-refractivity contribution < 1.29 is 43.3 Å². The van der Waals surface area contributed by atoms with Crippen molar-refractivity contribution in [3.63, 3.8) is 0 Å². The Hall–Kier alpha value is -3.29. The van der Waals surface area contributed by atoms with Crippen molar-refractivity contribution in [2.45, 2.75) is 82.1 Å². The van der Waals surface area contributed by atoms with Crippen LogP contribution >= 0.6 is 0 Å². The second-order valence-electron chi connectivity index (χ2n) is 9.85. The Morgan fingerprint density at radius 2 is 1.85 bits per heavy atom. The second-order valence-corrected chi connectivity index (χ2v) is 9.85. The van der Waals surface area contributed by atoms with E-state index in [1.54, 1.807) is 13.8 Å². The summed E-state index contributed by atoms with van der Waals surface area (Å²) in [6.45, 7) is 3.95. The molecular formula is C26H35N3O10. The Balaban J connectivity index is 1.33. The molecule has 3 fully saturated rings. The van der Waals surface area contributed by atoms with Gasteiger partial charge in [-0.1, -0.05) is 30.3 Å². The van der Waals surface area contributed by atoms with Gasteiger partial charge in [-0.3, -0.25) is 14.9 Å². The molecule has 0 aliphatic carbocycles. The van der Waals surface area contributed by atoms with Gasteiger partial charge in [-0.05, 0) is 45.1 Å². The van der Waals surface area contributed by atoms with Crippen LogP contribution in [-0.4, -0.2) is 96.7 Å². The topological polar surface area (TPSA) is 156 Å². The van der Waals surface area contributed by atoms with Crippen LogP contribution in [0.15, 0.2) is 30.3 Å². The molecular weight excluding hydrogens is 514 g/mol. The summed E-state index contributed by atoms with van der Waals surface area (Å²) in [6, 6.07) is 7.48. The number of hydrogen-bond donors (Lipinski definition) is 1. The van der Waals surface area contributed by atoms with Crippen LogP contribution in [-0.2, 0) is 44.6 Å². The van der Waals surface area contributed by atoms with Crippen LogP contribution in [0.5, 0.6) is 0 Å². The zero-order valence-corrected chi connectivity index (χ0v) is 22.1. The summed E-state index contributed by atoms with van der Waals surface area (Å²) < 4.78 is 22.0. The van der Waals surface area contributed by atoms with Crippen LogP contribution in [0, 0.1) is 10.1 Å². The SMILES string of the molecule is CCOC(=O)[C@H](CCc1ccccc1)N[C@@H](C)C(=O)N1CCC[C@H]1C(=O)O[C@H]1CO[C@H]2[C@@H]1OC[C@H]2O[N+](=O)[O-]. The van der Waals surface area contributed by atoms with Gasteiger partial charge < -0.3 is 28.7 Å². The number of benzene rings is 1. The van der Waals surface area contributed by atoms with E-state index in [4.69, 9.17) is 18.9 Å². The molecule has 1 aromatic carbocycles. The van der Waals surface area contributed by atoms with Gasteiger partial charge in [0.05, 0.1) is 25.9 Å². The molecule has 1 amide bonds. The summed E-state index contributed by atoms with van der Waals surface area (Å²) in [7, 11) is 0. The minimum atomic E-state index is -0.898. The van der Waals surface area contributed by atoms with Crippen molar-refractivity contribution in [3.05, 3.63) is 46.0 Å². The number of ether oxygens (including phenoxy) is 4. The maximum Gasteiger partial charge on any atom is 0.329 e. The Labute approximate surface area is 226 Å². The molecule has 3 aliphatic rings. The summed E-state index contributed by atoms with van der Waals surface area (Å²) in [4.78, 5) is 55.9. The fraction of sp³-hybridized carbons (Fsp3) is 0.654. The predicted octanol–water partition coefficient (Wildman–Crippen LogP) is 0.806. The molecule has 214 valence electrons. The Bertz CT molecular complexity index is 1020. The lowest BCUT2D eigenvalue weighted by molar-refractivity contribution is -0.769. The van der Waals surface area contributed by atoms with E-state index in [0.717, 1.165) is 5.56 Å². The highest BCUT2D eigenvalue weighted by Crippen LogP contribution is 2.31. The predicted molar refractivity (Wildman–Crippen MR) is 134 cm³/mol. The third-order valence-electron chi connectivity index (χ3n) is 7.22. The number of carbonyl (C=O) groups is 3. The van der Waals surface area contributed by atoms with Crippen molar-refractivity contribution in [1.82, 2.24) is 10.2 Å². The first kappa shape index (κ1) is 28.7. The van der Waals surface area contributed by atoms with E-state index in [1.807, 2.05) is 30.3 Å². The number of hydrogen-bond acceptors (Lipinski definition) is 11. The largest absolute Gasteiger partial charge is 0.465 e. The maximum absolute atomic E-state index is 13.4. The lowest BCUT2D eigenvalue weighted by atomic mass is 10.0. The molecule has 4 rings (SSSR count). The van der Waals surface area contributed by atoms with E-state index in [0.29, 0.717) is 32.2 Å². The quantitative estimate of drug-likeness (QED) is 0.224. The van der Waals surface area contributed by atoms with Crippen LogP contribution in [0.3, 0.4) is 0 Å². The highest BCUT2D eigenvalue weighted by Gasteiger charge is 2.52. The van der Waals surface area contributed by atoms with Crippen molar-refractivity contribution in [3.8, 4) is 0 Å². The number of carbonyl (C=O) groups excluding carboxylic acids is 3. The monoisotopic (exact) mass is 549 g/mol. The van der Waals surface area contributed by atoms with Crippen molar-refractivity contribution in [1.29, 1.82) is 0 Å². The molecule has 7 atom stereocenters. The molecule has 13 heteroatoms. The van der Waals surface area contributed by atoms with Gasteiger partial charge >= 0.3 is 11.9 Å². The zero-order chi connectivity index (χ0) is 27.9. The minimum Gasteiger partial charge on any atom is -0.465 e. The van der Waals surface area contributed by atoms with E-state index in [1.165, 1.54) is 4.90 Å². The van der Waals surface area contributed by atoms with E-state index in [2.05, 4.69) is 10.2 Å². The van der Waals surface area contributed by atoms with E-state index in [-0.39, 0.29) is 25.7 Å². The molecule has 3 heterocycles. The molecule has 1 aromatic rings. The highest BCUT2D eigenvalue weighted by atomic mass is 17.0. The second kappa shape index (κ2) is 13.2. The number of nitrogens with zero attached hydrogens (tertiary/aromatic N) is 2. The van der Waals surface area contributed by atoms with Gasteiger partial charge in [0.2, 0.25) is 5.91 Å². The van der Waals surface area contributed by atoms with Gasteiger partial charge in [0.15, 0.2) is 12.2 Å². The first-order valence-corrected chi connectivity index (χ1v) is 13.3. The molecule has 0 bridgehead atoms. The Morgan fingerprint density at radius 3 is 2.54 bits per heavy atom. The molecule has 13 nitrogen and oxygen atoms in total. The number of aryl methyl sites for hydroxylation is 1. The molecule has 0 saturated carbocycles. The Kier molecular flexibility index (Phi) is 9.70. The van der Waals surface area contributed by atoms with E-state index < -0.39 is 59.6 Å². The van der Waals surface area contributed by atoms with Gasteiger partial charge in [-0.2, -0.15) is 0 Å². The van der Waals surface area contributed by atoms with Gasteiger partial charge in [-0.15, -0.1) is 10.1 Å². The molecule has 0 spiro atoms. The third kappa shape index (κ3) is 7.02. The first-order chi connectivity index (χ1) is 18.8. The molecule has 1 N–H and O–H groups in total. The summed E-state index contributed by atoms with van der Waals surface area (Å²) in [6.07, 6.45) is -0.927. The summed E-state index contributed by atoms with van der Waals surface area (Å²) in [5.41, 5.74) is 1.07. The van der Waals surface area contributed by atoms with E-state index >= 15 is 0 Å². The van der Waals surface area contributed by atoms with Gasteiger partial charge in [0.25, 0.3) is 5.09 Å². The number of likely N-dealkylation sites (tertiary alicyclic amines) is 1.